The smallest absolute Gasteiger partial charge is 0.199 e. The lowest BCUT2D eigenvalue weighted by Crippen LogP contribution is -2.12. The molecule has 0 aliphatic rings. The molecule has 0 spiro atoms. The van der Waals surface area contributed by atoms with E-state index in [4.69, 9.17) is 0 Å². The quantitative estimate of drug-likeness (QED) is 0.319. The summed E-state index contributed by atoms with van der Waals surface area (Å²) in [5.41, 5.74) is -0.376. The molecule has 0 aliphatic carbocycles. The summed E-state index contributed by atoms with van der Waals surface area (Å²) in [6.07, 6.45) is 0. The van der Waals surface area contributed by atoms with E-state index in [-0.39, 0.29) is 5.56 Å². The molecule has 0 unspecified atom stereocenters. The highest BCUT2D eigenvalue weighted by atomic mass is 32.2. The van der Waals surface area contributed by atoms with Gasteiger partial charge in [0.25, 0.3) is 0 Å². The Morgan fingerprint density at radius 1 is 0.769 bits per heavy atom. The Labute approximate surface area is 151 Å². The number of benzene rings is 3. The first kappa shape index (κ1) is 18.2. The second-order valence-corrected chi connectivity index (χ2v) is 6.65. The maximum atomic E-state index is 14.4. The molecule has 0 fully saturated rings. The molecule has 0 aromatic heterocycles. The van der Waals surface area contributed by atoms with Crippen LogP contribution in [0.25, 0.3) is 0 Å². The standard InChI is InChI=1S/C20H12F4OS/c1-11-7-9-13(10-8-11)26-20-17(23)15(21)14(16(22)18(20)24)19(25)12-5-3-2-4-6-12/h2-10H,1H3. The van der Waals surface area contributed by atoms with Gasteiger partial charge in [-0.05, 0) is 19.1 Å². The molecule has 0 heterocycles. The fourth-order valence-corrected chi connectivity index (χ4v) is 3.22. The van der Waals surface area contributed by atoms with Crippen LogP contribution in [-0.4, -0.2) is 5.78 Å². The van der Waals surface area contributed by atoms with Crippen LogP contribution < -0.4 is 0 Å². The van der Waals surface area contributed by atoms with Gasteiger partial charge >= 0.3 is 0 Å². The Kier molecular flexibility index (Phi) is 5.13. The highest BCUT2D eigenvalue weighted by Crippen LogP contribution is 2.36. The summed E-state index contributed by atoms with van der Waals surface area (Å²) in [6, 6.07) is 13.8. The number of rotatable bonds is 4. The molecule has 132 valence electrons. The molecule has 0 amide bonds. The summed E-state index contributed by atoms with van der Waals surface area (Å²) in [5.74, 6) is -7.70. The van der Waals surface area contributed by atoms with Crippen LogP contribution in [0.15, 0.2) is 64.4 Å². The summed E-state index contributed by atoms with van der Waals surface area (Å²) in [5, 5.41) is 0. The van der Waals surface area contributed by atoms with E-state index in [1.54, 1.807) is 30.3 Å². The van der Waals surface area contributed by atoms with Crippen molar-refractivity contribution in [1.82, 2.24) is 0 Å². The molecule has 0 radical (unpaired) electrons. The summed E-state index contributed by atoms with van der Waals surface area (Å²) in [4.78, 5) is 11.9. The number of hydrogen-bond donors (Lipinski definition) is 0. The van der Waals surface area contributed by atoms with Gasteiger partial charge in [0, 0.05) is 10.5 Å². The van der Waals surface area contributed by atoms with E-state index >= 15 is 0 Å². The van der Waals surface area contributed by atoms with Crippen LogP contribution in [0.4, 0.5) is 17.6 Å². The summed E-state index contributed by atoms with van der Waals surface area (Å²) < 4.78 is 57.6. The molecule has 0 bridgehead atoms. The Bertz CT molecular complexity index is 940. The predicted octanol–water partition coefficient (Wildman–Crippen LogP) is 5.93. The molecule has 26 heavy (non-hydrogen) atoms. The first-order valence-corrected chi connectivity index (χ1v) is 8.42. The number of ketones is 1. The molecule has 1 nitrogen and oxygen atoms in total. The van der Waals surface area contributed by atoms with Crippen LogP contribution in [0.2, 0.25) is 0 Å². The Morgan fingerprint density at radius 3 is 1.85 bits per heavy atom. The van der Waals surface area contributed by atoms with Gasteiger partial charge in [-0.15, -0.1) is 0 Å². The van der Waals surface area contributed by atoms with E-state index in [0.29, 0.717) is 16.7 Å². The van der Waals surface area contributed by atoms with Gasteiger partial charge in [-0.3, -0.25) is 4.79 Å². The van der Waals surface area contributed by atoms with Gasteiger partial charge in [0.05, 0.1) is 4.90 Å². The van der Waals surface area contributed by atoms with E-state index in [1.165, 1.54) is 24.3 Å². The topological polar surface area (TPSA) is 17.1 Å². The largest absolute Gasteiger partial charge is 0.288 e. The number of carbonyl (C=O) groups is 1. The van der Waals surface area contributed by atoms with Crippen molar-refractivity contribution in [3.05, 3.63) is 94.6 Å². The van der Waals surface area contributed by atoms with Crippen molar-refractivity contribution in [2.24, 2.45) is 0 Å². The zero-order valence-corrected chi connectivity index (χ0v) is 14.3. The summed E-state index contributed by atoms with van der Waals surface area (Å²) in [7, 11) is 0. The van der Waals surface area contributed by atoms with Crippen LogP contribution in [0.5, 0.6) is 0 Å². The first-order chi connectivity index (χ1) is 12.4. The molecule has 0 aliphatic heterocycles. The van der Waals surface area contributed by atoms with E-state index in [9.17, 15) is 22.4 Å². The fourth-order valence-electron chi connectivity index (χ4n) is 2.36. The SMILES string of the molecule is Cc1ccc(Sc2c(F)c(F)c(C(=O)c3ccccc3)c(F)c2F)cc1. The van der Waals surface area contributed by atoms with Gasteiger partial charge in [-0.2, -0.15) is 0 Å². The second kappa shape index (κ2) is 7.33. The fraction of sp³-hybridized carbons (Fsp3) is 0.0500. The van der Waals surface area contributed by atoms with E-state index < -0.39 is 39.5 Å². The molecule has 3 aromatic rings. The normalized spacial score (nSPS) is 10.8. The Hall–Kier alpha value is -2.60. The molecular weight excluding hydrogens is 364 g/mol. The van der Waals surface area contributed by atoms with Gasteiger partial charge in [-0.1, -0.05) is 59.8 Å². The van der Waals surface area contributed by atoms with Crippen LogP contribution in [0.1, 0.15) is 21.5 Å². The molecule has 3 rings (SSSR count). The zero-order chi connectivity index (χ0) is 18.8. The van der Waals surface area contributed by atoms with Crippen LogP contribution in [-0.2, 0) is 0 Å². The average molecular weight is 376 g/mol. The Balaban J connectivity index is 2.08. The molecule has 0 N–H and O–H groups in total. The van der Waals surface area contributed by atoms with Gasteiger partial charge in [0.15, 0.2) is 29.1 Å². The predicted molar refractivity (Wildman–Crippen MR) is 91.5 cm³/mol. The van der Waals surface area contributed by atoms with Crippen molar-refractivity contribution in [1.29, 1.82) is 0 Å². The minimum atomic E-state index is -1.70. The lowest BCUT2D eigenvalue weighted by Gasteiger charge is -2.11. The Morgan fingerprint density at radius 2 is 1.31 bits per heavy atom. The third-order valence-electron chi connectivity index (χ3n) is 3.73. The van der Waals surface area contributed by atoms with Gasteiger partial charge in [0.1, 0.15) is 5.56 Å². The lowest BCUT2D eigenvalue weighted by atomic mass is 10.0. The molecule has 6 heteroatoms. The maximum absolute atomic E-state index is 14.4. The average Bonchev–Trinajstić information content (AvgIpc) is 2.66. The maximum Gasteiger partial charge on any atom is 0.199 e. The monoisotopic (exact) mass is 376 g/mol. The highest BCUT2D eigenvalue weighted by molar-refractivity contribution is 7.99. The van der Waals surface area contributed by atoms with E-state index in [1.807, 2.05) is 6.92 Å². The molecule has 3 aromatic carbocycles. The third kappa shape index (κ3) is 3.37. The van der Waals surface area contributed by atoms with Gasteiger partial charge < -0.3 is 0 Å². The van der Waals surface area contributed by atoms with Crippen LogP contribution >= 0.6 is 11.8 Å². The summed E-state index contributed by atoms with van der Waals surface area (Å²) in [6.45, 7) is 1.83. The molecule has 0 saturated carbocycles. The third-order valence-corrected chi connectivity index (χ3v) is 4.80. The molecular formula is C20H12F4OS. The second-order valence-electron chi connectivity index (χ2n) is 5.57. The van der Waals surface area contributed by atoms with Gasteiger partial charge in [0.2, 0.25) is 0 Å². The van der Waals surface area contributed by atoms with Crippen molar-refractivity contribution in [3.8, 4) is 0 Å². The minimum absolute atomic E-state index is 0.0666. The van der Waals surface area contributed by atoms with Crippen LogP contribution in [0, 0.1) is 30.2 Å². The lowest BCUT2D eigenvalue weighted by molar-refractivity contribution is 0.102. The van der Waals surface area contributed by atoms with Crippen LogP contribution in [0.3, 0.4) is 0 Å². The number of aryl methyl sites for hydroxylation is 1. The minimum Gasteiger partial charge on any atom is -0.288 e. The summed E-state index contributed by atoms with van der Waals surface area (Å²) >= 11 is 0.553. The molecule has 0 atom stereocenters. The number of carbonyl (C=O) groups excluding carboxylic acids is 1. The number of hydrogen-bond acceptors (Lipinski definition) is 2. The van der Waals surface area contributed by atoms with Crippen molar-refractivity contribution in [2.75, 3.05) is 0 Å². The highest BCUT2D eigenvalue weighted by Gasteiger charge is 2.30. The van der Waals surface area contributed by atoms with Crippen molar-refractivity contribution >= 4 is 17.5 Å². The number of halogens is 4. The van der Waals surface area contributed by atoms with E-state index in [0.717, 1.165) is 5.56 Å². The first-order valence-electron chi connectivity index (χ1n) is 7.60. The van der Waals surface area contributed by atoms with E-state index in [2.05, 4.69) is 0 Å². The molecule has 0 saturated heterocycles. The van der Waals surface area contributed by atoms with Gasteiger partial charge in [-0.25, -0.2) is 17.6 Å². The van der Waals surface area contributed by atoms with Crippen molar-refractivity contribution in [3.63, 3.8) is 0 Å². The van der Waals surface area contributed by atoms with Crippen molar-refractivity contribution in [2.45, 2.75) is 16.7 Å². The zero-order valence-electron chi connectivity index (χ0n) is 13.5. The van der Waals surface area contributed by atoms with Crippen molar-refractivity contribution < 1.29 is 22.4 Å².